The highest BCUT2D eigenvalue weighted by atomic mass is 15.0. The summed E-state index contributed by atoms with van der Waals surface area (Å²) in [6, 6.07) is 66.5. The Balaban J connectivity index is 1.00. The molecular formula is C49H31N3. The number of benzene rings is 9. The first-order valence-corrected chi connectivity index (χ1v) is 17.6. The van der Waals surface area contributed by atoms with Gasteiger partial charge in [0.2, 0.25) is 0 Å². The molecule has 10 rings (SSSR count). The predicted octanol–water partition coefficient (Wildman–Crippen LogP) is 12.8. The van der Waals surface area contributed by atoms with Crippen LogP contribution in [0.2, 0.25) is 0 Å². The summed E-state index contributed by atoms with van der Waals surface area (Å²) in [5.41, 5.74) is 7.56. The van der Waals surface area contributed by atoms with Crippen LogP contribution in [0, 0.1) is 0 Å². The Labute approximate surface area is 301 Å². The van der Waals surface area contributed by atoms with Crippen molar-refractivity contribution in [3.8, 4) is 56.4 Å². The first-order chi connectivity index (χ1) is 25.8. The Morgan fingerprint density at radius 2 is 0.577 bits per heavy atom. The second kappa shape index (κ2) is 12.4. The second-order valence-corrected chi connectivity index (χ2v) is 13.2. The van der Waals surface area contributed by atoms with Crippen LogP contribution in [-0.4, -0.2) is 15.0 Å². The molecule has 0 saturated heterocycles. The highest BCUT2D eigenvalue weighted by molar-refractivity contribution is 6.31. The van der Waals surface area contributed by atoms with Crippen molar-refractivity contribution in [3.05, 3.63) is 188 Å². The molecule has 0 aliphatic heterocycles. The fourth-order valence-electron chi connectivity index (χ4n) is 7.51. The monoisotopic (exact) mass is 661 g/mol. The molecule has 0 radical (unpaired) electrons. The van der Waals surface area contributed by atoms with Crippen molar-refractivity contribution in [2.24, 2.45) is 0 Å². The van der Waals surface area contributed by atoms with Gasteiger partial charge in [-0.2, -0.15) is 0 Å². The highest BCUT2D eigenvalue weighted by Crippen LogP contribution is 2.40. The SMILES string of the molecule is c1ccc(-c2nc(-c3ccccc3)nc(-c3ccc(-c4ccc(-c5ccc6ccc7c8ccccc8c8ccccc8c7c6c5)cc4)cc3)n2)cc1. The zero-order chi connectivity index (χ0) is 34.4. The third-order valence-corrected chi connectivity index (χ3v) is 10.1. The van der Waals surface area contributed by atoms with Crippen LogP contribution in [0.5, 0.6) is 0 Å². The molecule has 0 N–H and O–H groups in total. The molecular weight excluding hydrogens is 631 g/mol. The Bertz CT molecular complexity index is 2820. The van der Waals surface area contributed by atoms with Crippen molar-refractivity contribution in [2.45, 2.75) is 0 Å². The number of hydrogen-bond donors (Lipinski definition) is 0. The van der Waals surface area contributed by atoms with Gasteiger partial charge in [0.15, 0.2) is 17.5 Å². The molecule has 52 heavy (non-hydrogen) atoms. The van der Waals surface area contributed by atoms with E-state index in [1.165, 1.54) is 54.2 Å². The fourth-order valence-corrected chi connectivity index (χ4v) is 7.51. The summed E-state index contributed by atoms with van der Waals surface area (Å²) < 4.78 is 0. The summed E-state index contributed by atoms with van der Waals surface area (Å²) in [5, 5.41) is 10.3. The van der Waals surface area contributed by atoms with Crippen LogP contribution in [0.1, 0.15) is 0 Å². The van der Waals surface area contributed by atoms with Crippen molar-refractivity contribution in [1.29, 1.82) is 0 Å². The molecule has 242 valence electrons. The van der Waals surface area contributed by atoms with E-state index in [1.54, 1.807) is 0 Å². The van der Waals surface area contributed by atoms with Crippen LogP contribution >= 0.6 is 0 Å². The summed E-state index contributed by atoms with van der Waals surface area (Å²) in [5.74, 6) is 1.97. The molecule has 0 fully saturated rings. The fraction of sp³-hybridized carbons (Fsp3) is 0. The zero-order valence-electron chi connectivity index (χ0n) is 28.2. The average molecular weight is 662 g/mol. The van der Waals surface area contributed by atoms with Crippen LogP contribution in [0.4, 0.5) is 0 Å². The lowest BCUT2D eigenvalue weighted by molar-refractivity contribution is 1.07. The molecule has 3 nitrogen and oxygen atoms in total. The summed E-state index contributed by atoms with van der Waals surface area (Å²) in [6.45, 7) is 0. The molecule has 0 aliphatic rings. The van der Waals surface area contributed by atoms with Crippen molar-refractivity contribution in [1.82, 2.24) is 15.0 Å². The van der Waals surface area contributed by atoms with Crippen LogP contribution in [0.25, 0.3) is 99.5 Å². The molecule has 0 amide bonds. The topological polar surface area (TPSA) is 38.7 Å². The Morgan fingerprint density at radius 3 is 1.10 bits per heavy atom. The van der Waals surface area contributed by atoms with Gasteiger partial charge in [-0.05, 0) is 71.4 Å². The molecule has 1 heterocycles. The van der Waals surface area contributed by atoms with Crippen LogP contribution < -0.4 is 0 Å². The third-order valence-electron chi connectivity index (χ3n) is 10.1. The largest absolute Gasteiger partial charge is 0.208 e. The van der Waals surface area contributed by atoms with Crippen LogP contribution in [0.3, 0.4) is 0 Å². The number of fused-ring (bicyclic) bond motifs is 8. The van der Waals surface area contributed by atoms with Gasteiger partial charge in [-0.15, -0.1) is 0 Å². The Hall–Kier alpha value is -6.97. The van der Waals surface area contributed by atoms with Gasteiger partial charge in [-0.3, -0.25) is 0 Å². The molecule has 0 aliphatic carbocycles. The van der Waals surface area contributed by atoms with E-state index in [9.17, 15) is 0 Å². The normalized spacial score (nSPS) is 11.5. The molecule has 0 atom stereocenters. The van der Waals surface area contributed by atoms with Gasteiger partial charge in [0.1, 0.15) is 0 Å². The maximum absolute atomic E-state index is 4.90. The smallest absolute Gasteiger partial charge is 0.164 e. The van der Waals surface area contributed by atoms with Gasteiger partial charge in [-0.25, -0.2) is 15.0 Å². The Morgan fingerprint density at radius 1 is 0.231 bits per heavy atom. The summed E-state index contributed by atoms with van der Waals surface area (Å²) in [7, 11) is 0. The van der Waals surface area contributed by atoms with E-state index in [0.29, 0.717) is 17.5 Å². The van der Waals surface area contributed by atoms with E-state index in [0.717, 1.165) is 27.8 Å². The molecule has 0 bridgehead atoms. The molecule has 9 aromatic carbocycles. The van der Waals surface area contributed by atoms with E-state index >= 15 is 0 Å². The number of rotatable bonds is 5. The summed E-state index contributed by atoms with van der Waals surface area (Å²) in [6.07, 6.45) is 0. The molecule has 3 heteroatoms. The van der Waals surface area contributed by atoms with E-state index in [2.05, 4.69) is 127 Å². The van der Waals surface area contributed by atoms with E-state index < -0.39 is 0 Å². The molecule has 0 saturated carbocycles. The van der Waals surface area contributed by atoms with Crippen molar-refractivity contribution >= 4 is 43.1 Å². The lowest BCUT2D eigenvalue weighted by Gasteiger charge is -2.14. The summed E-state index contributed by atoms with van der Waals surface area (Å²) >= 11 is 0. The van der Waals surface area contributed by atoms with Crippen molar-refractivity contribution < 1.29 is 0 Å². The van der Waals surface area contributed by atoms with E-state index in [-0.39, 0.29) is 0 Å². The number of aromatic nitrogens is 3. The zero-order valence-corrected chi connectivity index (χ0v) is 28.2. The molecule has 0 spiro atoms. The van der Waals surface area contributed by atoms with Crippen LogP contribution in [-0.2, 0) is 0 Å². The van der Waals surface area contributed by atoms with Crippen LogP contribution in [0.15, 0.2) is 188 Å². The van der Waals surface area contributed by atoms with Gasteiger partial charge >= 0.3 is 0 Å². The Kier molecular flexibility index (Phi) is 7.14. The van der Waals surface area contributed by atoms with E-state index in [4.69, 9.17) is 15.0 Å². The highest BCUT2D eigenvalue weighted by Gasteiger charge is 2.14. The first kappa shape index (κ1) is 29.9. The van der Waals surface area contributed by atoms with Gasteiger partial charge in [-0.1, -0.05) is 182 Å². The van der Waals surface area contributed by atoms with Crippen molar-refractivity contribution in [2.75, 3.05) is 0 Å². The lowest BCUT2D eigenvalue weighted by Crippen LogP contribution is -2.00. The summed E-state index contributed by atoms with van der Waals surface area (Å²) in [4.78, 5) is 14.6. The van der Waals surface area contributed by atoms with Gasteiger partial charge in [0.05, 0.1) is 0 Å². The van der Waals surface area contributed by atoms with Gasteiger partial charge in [0, 0.05) is 16.7 Å². The lowest BCUT2D eigenvalue weighted by atomic mass is 9.90. The van der Waals surface area contributed by atoms with Gasteiger partial charge < -0.3 is 0 Å². The average Bonchev–Trinajstić information content (AvgIpc) is 3.24. The molecule has 0 unspecified atom stereocenters. The minimum Gasteiger partial charge on any atom is -0.208 e. The minimum atomic E-state index is 0.652. The molecule has 10 aromatic rings. The number of nitrogens with zero attached hydrogens (tertiary/aromatic N) is 3. The minimum absolute atomic E-state index is 0.652. The maximum Gasteiger partial charge on any atom is 0.164 e. The maximum atomic E-state index is 4.90. The van der Waals surface area contributed by atoms with Gasteiger partial charge in [0.25, 0.3) is 0 Å². The molecule has 1 aromatic heterocycles. The standard InChI is InChI=1S/C49H31N3/c1-3-11-36(12-4-1)47-50-48(37-13-5-2-6-14-37)52-49(51-47)38-26-23-33(24-27-38)32-19-21-34(22-20-32)39-28-25-35-29-30-44-42-17-8-7-15-40(42)41-16-9-10-18-43(41)46(44)45(35)31-39/h1-31H. The predicted molar refractivity (Wildman–Crippen MR) is 217 cm³/mol. The first-order valence-electron chi connectivity index (χ1n) is 17.6. The quantitative estimate of drug-likeness (QED) is 0.172. The second-order valence-electron chi connectivity index (χ2n) is 13.2. The van der Waals surface area contributed by atoms with E-state index in [1.807, 2.05) is 60.7 Å². The third kappa shape index (κ3) is 5.19. The number of hydrogen-bond acceptors (Lipinski definition) is 3. The van der Waals surface area contributed by atoms with Crippen molar-refractivity contribution in [3.63, 3.8) is 0 Å².